The van der Waals surface area contributed by atoms with Gasteiger partial charge in [-0.15, -0.1) is 0 Å². The molecule has 10 heteroatoms. The second kappa shape index (κ2) is 15.8. The maximum Gasteiger partial charge on any atom is 0.410 e. The Hall–Kier alpha value is -3.47. The van der Waals surface area contributed by atoms with Gasteiger partial charge in [-0.2, -0.15) is 5.48 Å². The molecule has 4 N–H and O–H groups in total. The maximum absolute atomic E-state index is 13.7. The van der Waals surface area contributed by atoms with Crippen molar-refractivity contribution in [1.29, 1.82) is 0 Å². The van der Waals surface area contributed by atoms with E-state index in [2.05, 4.69) is 42.2 Å². The van der Waals surface area contributed by atoms with Crippen molar-refractivity contribution in [2.75, 3.05) is 26.0 Å². The van der Waals surface area contributed by atoms with E-state index in [9.17, 15) is 14.4 Å². The van der Waals surface area contributed by atoms with Crippen LogP contribution in [0.2, 0.25) is 0 Å². The molecule has 0 spiro atoms. The number of nitrogens with zero attached hydrogens (tertiary/aromatic N) is 1. The molecule has 0 aromatic heterocycles. The van der Waals surface area contributed by atoms with Gasteiger partial charge in [-0.05, 0) is 48.6 Å². The van der Waals surface area contributed by atoms with Crippen LogP contribution in [0.25, 0.3) is 0 Å². The van der Waals surface area contributed by atoms with Crippen molar-refractivity contribution in [2.45, 2.75) is 85.7 Å². The average Bonchev–Trinajstić information content (AvgIpc) is 2.94. The number of ether oxygens (including phenoxy) is 1. The molecule has 0 aliphatic rings. The Morgan fingerprint density at radius 2 is 1.51 bits per heavy atom. The van der Waals surface area contributed by atoms with Crippen LogP contribution in [0.4, 0.5) is 10.5 Å². The normalized spacial score (nSPS) is 14.0. The van der Waals surface area contributed by atoms with E-state index in [1.807, 2.05) is 65.0 Å². The van der Waals surface area contributed by atoms with Gasteiger partial charge < -0.3 is 15.4 Å². The lowest BCUT2D eigenvalue weighted by Gasteiger charge is -2.40. The van der Waals surface area contributed by atoms with E-state index >= 15 is 0 Å². The molecule has 0 aliphatic heterocycles. The Morgan fingerprint density at radius 3 is 2.05 bits per heavy atom. The number of anilines is 1. The highest BCUT2D eigenvalue weighted by molar-refractivity contribution is 5.92. The summed E-state index contributed by atoms with van der Waals surface area (Å²) in [6.07, 6.45) is -0.827. The van der Waals surface area contributed by atoms with Crippen LogP contribution in [-0.4, -0.2) is 61.8 Å². The molecule has 10 nitrogen and oxygen atoms in total. The van der Waals surface area contributed by atoms with Gasteiger partial charge in [-0.3, -0.25) is 24.6 Å². The molecule has 0 heterocycles. The van der Waals surface area contributed by atoms with Crippen molar-refractivity contribution >= 4 is 23.6 Å². The van der Waals surface area contributed by atoms with Crippen molar-refractivity contribution in [3.05, 3.63) is 65.7 Å². The van der Waals surface area contributed by atoms with Crippen LogP contribution in [0.3, 0.4) is 0 Å². The van der Waals surface area contributed by atoms with Gasteiger partial charge in [0.2, 0.25) is 11.8 Å². The van der Waals surface area contributed by atoms with E-state index in [0.29, 0.717) is 5.69 Å². The number of benzene rings is 2. The molecule has 0 aliphatic carbocycles. The summed E-state index contributed by atoms with van der Waals surface area (Å²) in [6, 6.07) is 15.7. The molecule has 3 atom stereocenters. The largest absolute Gasteiger partial charge is 0.445 e. The Morgan fingerprint density at radius 1 is 0.907 bits per heavy atom. The predicted molar refractivity (Wildman–Crippen MR) is 170 cm³/mol. The molecule has 238 valence electrons. The summed E-state index contributed by atoms with van der Waals surface area (Å²) in [5, 5.41) is 8.93. The number of carbonyl (C=O) groups excluding carboxylic acids is 3. The number of hydrogen-bond acceptors (Lipinski definition) is 7. The first-order valence-electron chi connectivity index (χ1n) is 14.8. The van der Waals surface area contributed by atoms with Gasteiger partial charge in [0, 0.05) is 24.2 Å². The van der Waals surface area contributed by atoms with Gasteiger partial charge >= 0.3 is 6.09 Å². The Bertz CT molecular complexity index is 1180. The first-order chi connectivity index (χ1) is 20.1. The highest BCUT2D eigenvalue weighted by Gasteiger charge is 2.43. The Balaban J connectivity index is 2.05. The van der Waals surface area contributed by atoms with E-state index in [0.717, 1.165) is 11.1 Å². The number of likely N-dealkylation sites (N-methyl/N-ethyl adjacent to an activating group) is 1. The van der Waals surface area contributed by atoms with E-state index in [4.69, 9.17) is 9.57 Å². The fraction of sp³-hybridized carbons (Fsp3) is 0.545. The third-order valence-electron chi connectivity index (χ3n) is 7.72. The molecule has 0 bridgehead atoms. The minimum absolute atomic E-state index is 0.00586. The topological polar surface area (TPSA) is 121 Å². The first kappa shape index (κ1) is 35.7. The lowest BCUT2D eigenvalue weighted by Crippen LogP contribution is -2.59. The van der Waals surface area contributed by atoms with Gasteiger partial charge in [-0.1, -0.05) is 90.9 Å². The molecule has 3 amide bonds. The SMILES string of the molecule is CNC(ONCC(=O)Nc1ccc(COC(=O)N(C)C(C(=O)NC(C)C(C)(C)C)C(C)(C)c2ccccc2)cc1)C(C)C. The van der Waals surface area contributed by atoms with Crippen LogP contribution in [0.5, 0.6) is 0 Å². The zero-order valence-corrected chi connectivity index (χ0v) is 27.4. The molecule has 0 fully saturated rings. The van der Waals surface area contributed by atoms with Crippen molar-refractivity contribution in [3.63, 3.8) is 0 Å². The zero-order chi connectivity index (χ0) is 32.4. The van der Waals surface area contributed by atoms with Crippen molar-refractivity contribution < 1.29 is 24.0 Å². The first-order valence-corrected chi connectivity index (χ1v) is 14.8. The summed E-state index contributed by atoms with van der Waals surface area (Å²) in [5.74, 6) is -0.274. The minimum Gasteiger partial charge on any atom is -0.445 e. The zero-order valence-electron chi connectivity index (χ0n) is 27.4. The summed E-state index contributed by atoms with van der Waals surface area (Å²) >= 11 is 0. The van der Waals surface area contributed by atoms with E-state index in [1.165, 1.54) is 4.90 Å². The minimum atomic E-state index is -0.827. The van der Waals surface area contributed by atoms with E-state index in [1.54, 1.807) is 38.4 Å². The van der Waals surface area contributed by atoms with Crippen LogP contribution in [0.15, 0.2) is 54.6 Å². The molecule has 0 radical (unpaired) electrons. The third-order valence-corrected chi connectivity index (χ3v) is 7.72. The standard InChI is InChI=1S/C33H51N5O5/c1-22(2)30(34-9)43-35-20-27(39)37-26-18-16-24(17-19-26)21-42-31(41)38(10)28(29(40)36-23(3)32(4,5)6)33(7,8)25-14-12-11-13-15-25/h11-19,22-23,28,30,34-35H,20-21H2,1-10H3,(H,36,40)(H,37,39). The van der Waals surface area contributed by atoms with Gasteiger partial charge in [-0.25, -0.2) is 4.79 Å². The Kier molecular flexibility index (Phi) is 13.2. The number of amides is 3. The van der Waals surface area contributed by atoms with Crippen LogP contribution >= 0.6 is 0 Å². The molecular formula is C33H51N5O5. The monoisotopic (exact) mass is 597 g/mol. The molecule has 2 aromatic rings. The van der Waals surface area contributed by atoms with Crippen LogP contribution in [-0.2, 0) is 31.2 Å². The molecule has 3 unspecified atom stereocenters. The van der Waals surface area contributed by atoms with Crippen molar-refractivity contribution in [1.82, 2.24) is 21.0 Å². The molecular weight excluding hydrogens is 546 g/mol. The smallest absolute Gasteiger partial charge is 0.410 e. The summed E-state index contributed by atoms with van der Waals surface area (Å²) in [6.45, 7) is 16.1. The van der Waals surface area contributed by atoms with Gasteiger partial charge in [0.25, 0.3) is 0 Å². The Labute approximate surface area is 257 Å². The highest BCUT2D eigenvalue weighted by atomic mass is 16.7. The molecule has 2 aromatic carbocycles. The number of hydrogen-bond donors (Lipinski definition) is 4. The summed E-state index contributed by atoms with van der Waals surface area (Å²) in [5.41, 5.74) is 4.08. The van der Waals surface area contributed by atoms with Crippen LogP contribution < -0.4 is 21.4 Å². The number of carbonyl (C=O) groups is 3. The fourth-order valence-electron chi connectivity index (χ4n) is 4.49. The molecule has 43 heavy (non-hydrogen) atoms. The van der Waals surface area contributed by atoms with Crippen molar-refractivity contribution in [2.24, 2.45) is 11.3 Å². The van der Waals surface area contributed by atoms with Crippen LogP contribution in [0.1, 0.15) is 66.5 Å². The van der Waals surface area contributed by atoms with Gasteiger partial charge in [0.05, 0.1) is 0 Å². The van der Waals surface area contributed by atoms with Crippen molar-refractivity contribution in [3.8, 4) is 0 Å². The van der Waals surface area contributed by atoms with E-state index in [-0.39, 0.29) is 48.6 Å². The number of rotatable bonds is 14. The van der Waals surface area contributed by atoms with Crippen LogP contribution in [0, 0.1) is 11.3 Å². The predicted octanol–water partition coefficient (Wildman–Crippen LogP) is 4.81. The lowest BCUT2D eigenvalue weighted by atomic mass is 9.76. The lowest BCUT2D eigenvalue weighted by molar-refractivity contribution is -0.129. The van der Waals surface area contributed by atoms with E-state index < -0.39 is 17.6 Å². The summed E-state index contributed by atoms with van der Waals surface area (Å²) in [4.78, 5) is 46.1. The molecule has 0 saturated carbocycles. The number of hydroxylamine groups is 1. The summed E-state index contributed by atoms with van der Waals surface area (Å²) < 4.78 is 5.64. The highest BCUT2D eigenvalue weighted by Crippen LogP contribution is 2.31. The fourth-order valence-corrected chi connectivity index (χ4v) is 4.49. The second-order valence-corrected chi connectivity index (χ2v) is 12.9. The van der Waals surface area contributed by atoms with Gasteiger partial charge in [0.1, 0.15) is 25.4 Å². The third kappa shape index (κ3) is 10.6. The second-order valence-electron chi connectivity index (χ2n) is 12.9. The number of nitrogens with one attached hydrogen (secondary N) is 4. The van der Waals surface area contributed by atoms with Gasteiger partial charge in [0.15, 0.2) is 0 Å². The average molecular weight is 598 g/mol. The summed E-state index contributed by atoms with van der Waals surface area (Å²) in [7, 11) is 3.38. The molecule has 0 saturated heterocycles. The molecule has 2 rings (SSSR count). The maximum atomic E-state index is 13.7. The quantitative estimate of drug-likeness (QED) is 0.182.